The van der Waals surface area contributed by atoms with Crippen molar-refractivity contribution in [3.63, 3.8) is 0 Å². The van der Waals surface area contributed by atoms with Gasteiger partial charge in [0.2, 0.25) is 0 Å². The molecule has 0 radical (unpaired) electrons. The molecule has 1 aromatic carbocycles. The normalized spacial score (nSPS) is 21.6. The summed E-state index contributed by atoms with van der Waals surface area (Å²) in [5, 5.41) is 9.29. The number of nitrogens with zero attached hydrogens (tertiary/aromatic N) is 6. The molecule has 7 nitrogen and oxygen atoms in total. The number of anilines is 2. The molecule has 1 unspecified atom stereocenters. The van der Waals surface area contributed by atoms with Crippen molar-refractivity contribution in [3.05, 3.63) is 46.9 Å². The Morgan fingerprint density at radius 2 is 1.97 bits per heavy atom. The van der Waals surface area contributed by atoms with E-state index in [-0.39, 0.29) is 18.3 Å². The van der Waals surface area contributed by atoms with Gasteiger partial charge in [0, 0.05) is 31.4 Å². The summed E-state index contributed by atoms with van der Waals surface area (Å²) in [5.41, 5.74) is -2.06. The Morgan fingerprint density at radius 3 is 2.63 bits per heavy atom. The Balaban J connectivity index is 1.64. The fourth-order valence-electron chi connectivity index (χ4n) is 4.01. The van der Waals surface area contributed by atoms with Crippen LogP contribution in [0.3, 0.4) is 0 Å². The third kappa shape index (κ3) is 3.39. The van der Waals surface area contributed by atoms with Crippen LogP contribution in [0.4, 0.5) is 29.5 Å². The minimum Gasteiger partial charge on any atom is -0.352 e. The second-order valence-corrected chi connectivity index (χ2v) is 7.86. The highest BCUT2D eigenvalue weighted by molar-refractivity contribution is 6.29. The minimum absolute atomic E-state index is 0.110. The van der Waals surface area contributed by atoms with Crippen LogP contribution in [-0.4, -0.2) is 52.6 Å². The van der Waals surface area contributed by atoms with Crippen LogP contribution in [0.15, 0.2) is 30.6 Å². The maximum atomic E-state index is 13.3. The number of amides is 2. The van der Waals surface area contributed by atoms with E-state index in [0.717, 1.165) is 12.1 Å². The van der Waals surface area contributed by atoms with Crippen LogP contribution in [0, 0.1) is 11.3 Å². The van der Waals surface area contributed by atoms with Gasteiger partial charge in [0.25, 0.3) is 0 Å². The molecule has 2 aliphatic rings. The first kappa shape index (κ1) is 20.2. The summed E-state index contributed by atoms with van der Waals surface area (Å²) in [5.74, 6) is 0.625. The molecule has 0 saturated carbocycles. The fourth-order valence-corrected chi connectivity index (χ4v) is 4.15. The highest BCUT2D eigenvalue weighted by Gasteiger charge is 2.50. The van der Waals surface area contributed by atoms with Gasteiger partial charge in [-0.1, -0.05) is 11.6 Å². The number of carbonyl (C=O) groups is 1. The number of aromatic nitrogens is 2. The van der Waals surface area contributed by atoms with Crippen molar-refractivity contribution in [2.45, 2.75) is 18.6 Å². The van der Waals surface area contributed by atoms with Gasteiger partial charge in [0.1, 0.15) is 17.3 Å². The molecule has 2 fully saturated rings. The summed E-state index contributed by atoms with van der Waals surface area (Å²) in [6.07, 6.45) is -3.34. The largest absolute Gasteiger partial charge is 0.417 e. The van der Waals surface area contributed by atoms with Crippen LogP contribution >= 0.6 is 11.6 Å². The fraction of sp³-hybridized carbons (Fsp3) is 0.368. The molecular formula is C19H16ClF3N6O. The molecule has 1 atom stereocenters. The smallest absolute Gasteiger partial charge is 0.352 e. The lowest BCUT2D eigenvalue weighted by Gasteiger charge is -2.44. The van der Waals surface area contributed by atoms with E-state index < -0.39 is 22.8 Å². The number of benzene rings is 1. The van der Waals surface area contributed by atoms with Crippen LogP contribution in [-0.2, 0) is 6.18 Å². The highest BCUT2D eigenvalue weighted by atomic mass is 35.5. The number of piperazine rings is 1. The number of halogens is 4. The number of rotatable bonds is 2. The topological polar surface area (TPSA) is 76.4 Å². The summed E-state index contributed by atoms with van der Waals surface area (Å²) in [4.78, 5) is 26.0. The Labute approximate surface area is 175 Å². The van der Waals surface area contributed by atoms with E-state index in [0.29, 0.717) is 30.6 Å². The molecule has 0 spiro atoms. The second-order valence-electron chi connectivity index (χ2n) is 7.48. The first-order valence-electron chi connectivity index (χ1n) is 9.05. The third-order valence-corrected chi connectivity index (χ3v) is 5.63. The van der Waals surface area contributed by atoms with Crippen LogP contribution in [0.2, 0.25) is 5.15 Å². The maximum Gasteiger partial charge on any atom is 0.417 e. The summed E-state index contributed by atoms with van der Waals surface area (Å²) >= 11 is 5.95. The van der Waals surface area contributed by atoms with Crippen molar-refractivity contribution in [1.82, 2.24) is 14.9 Å². The molecule has 0 bridgehead atoms. The average Bonchev–Trinajstić information content (AvgIpc) is 2.97. The molecule has 2 saturated heterocycles. The van der Waals surface area contributed by atoms with Gasteiger partial charge in [-0.25, -0.2) is 14.8 Å². The summed E-state index contributed by atoms with van der Waals surface area (Å²) in [6, 6.07) is 6.15. The first-order chi connectivity index (χ1) is 14.1. The van der Waals surface area contributed by atoms with Gasteiger partial charge in [0.05, 0.1) is 29.3 Å². The van der Waals surface area contributed by atoms with Crippen molar-refractivity contribution in [2.24, 2.45) is 0 Å². The highest BCUT2D eigenvalue weighted by Crippen LogP contribution is 2.38. The maximum absolute atomic E-state index is 13.3. The first-order valence-corrected chi connectivity index (χ1v) is 9.43. The molecule has 2 aromatic rings. The molecule has 2 amide bonds. The van der Waals surface area contributed by atoms with E-state index in [1.807, 2.05) is 11.8 Å². The van der Waals surface area contributed by atoms with E-state index in [1.165, 1.54) is 17.3 Å². The van der Waals surface area contributed by atoms with Crippen molar-refractivity contribution in [1.29, 1.82) is 5.26 Å². The van der Waals surface area contributed by atoms with Gasteiger partial charge < -0.3 is 9.80 Å². The predicted molar refractivity (Wildman–Crippen MR) is 103 cm³/mol. The van der Waals surface area contributed by atoms with Gasteiger partial charge in [-0.3, -0.25) is 4.90 Å². The number of hydrogen-bond donors (Lipinski definition) is 0. The molecule has 11 heteroatoms. The van der Waals surface area contributed by atoms with E-state index >= 15 is 0 Å². The second kappa shape index (κ2) is 7.02. The molecule has 0 N–H and O–H groups in total. The van der Waals surface area contributed by atoms with Crippen molar-refractivity contribution in [3.8, 4) is 6.07 Å². The van der Waals surface area contributed by atoms with Gasteiger partial charge in [-0.2, -0.15) is 18.4 Å². The zero-order chi connectivity index (χ0) is 21.7. The Hall–Kier alpha value is -3.06. The number of urea groups is 1. The molecule has 3 heterocycles. The number of carbonyl (C=O) groups excluding carboxylic acids is 1. The summed E-state index contributed by atoms with van der Waals surface area (Å²) in [7, 11) is 0. The van der Waals surface area contributed by atoms with Crippen LogP contribution in [0.5, 0.6) is 0 Å². The van der Waals surface area contributed by atoms with Gasteiger partial charge in [-0.15, -0.1) is 0 Å². The van der Waals surface area contributed by atoms with Gasteiger partial charge in [-0.05, 0) is 25.1 Å². The summed E-state index contributed by atoms with van der Waals surface area (Å²) < 4.78 is 40.0. The SMILES string of the molecule is CC12CN(c3cc(Cl)ncn3)CCN1C(=O)N(c1ccc(C#N)c(C(F)(F)F)c1)C2. The van der Waals surface area contributed by atoms with Gasteiger partial charge in [0.15, 0.2) is 0 Å². The molecule has 1 aromatic heterocycles. The number of fused-ring (bicyclic) bond motifs is 1. The predicted octanol–water partition coefficient (Wildman–Crippen LogP) is 3.54. The van der Waals surface area contributed by atoms with E-state index in [4.69, 9.17) is 16.9 Å². The lowest BCUT2D eigenvalue weighted by molar-refractivity contribution is -0.137. The lowest BCUT2D eigenvalue weighted by atomic mass is 9.98. The zero-order valence-electron chi connectivity index (χ0n) is 15.8. The summed E-state index contributed by atoms with van der Waals surface area (Å²) in [6.45, 7) is 3.41. The van der Waals surface area contributed by atoms with Gasteiger partial charge >= 0.3 is 12.2 Å². The quantitative estimate of drug-likeness (QED) is 0.673. The van der Waals surface area contributed by atoms with E-state index in [2.05, 4.69) is 9.97 Å². The number of nitriles is 1. The zero-order valence-corrected chi connectivity index (χ0v) is 16.6. The molecule has 30 heavy (non-hydrogen) atoms. The average molecular weight is 437 g/mol. The Bertz CT molecular complexity index is 1060. The third-order valence-electron chi connectivity index (χ3n) is 5.42. The monoisotopic (exact) mass is 436 g/mol. The number of hydrogen-bond acceptors (Lipinski definition) is 5. The molecule has 4 rings (SSSR count). The number of alkyl halides is 3. The van der Waals surface area contributed by atoms with Crippen LogP contribution < -0.4 is 9.80 Å². The molecule has 0 aliphatic carbocycles. The standard InChI is InChI=1S/C19H16ClF3N6O/c1-18-9-27(16-7-15(20)25-11-26-16)4-5-29(18)17(30)28(10-18)13-3-2-12(8-24)14(6-13)19(21,22)23/h2-3,6-7,11H,4-5,9-10H2,1H3. The Kier molecular flexibility index (Phi) is 4.73. The van der Waals surface area contributed by atoms with Crippen molar-refractivity contribution in [2.75, 3.05) is 36.0 Å². The Morgan fingerprint density at radius 1 is 1.20 bits per heavy atom. The van der Waals surface area contributed by atoms with Crippen LogP contribution in [0.25, 0.3) is 0 Å². The minimum atomic E-state index is -4.69. The molecular weight excluding hydrogens is 421 g/mol. The van der Waals surface area contributed by atoms with Crippen molar-refractivity contribution >= 4 is 29.1 Å². The lowest BCUT2D eigenvalue weighted by Crippen LogP contribution is -2.60. The van der Waals surface area contributed by atoms with Crippen molar-refractivity contribution < 1.29 is 18.0 Å². The van der Waals surface area contributed by atoms with Crippen LogP contribution in [0.1, 0.15) is 18.1 Å². The van der Waals surface area contributed by atoms with E-state index in [9.17, 15) is 18.0 Å². The molecule has 2 aliphatic heterocycles. The molecule has 156 valence electrons. The van der Waals surface area contributed by atoms with E-state index in [1.54, 1.807) is 17.0 Å².